The molecule has 0 aromatic heterocycles. The minimum absolute atomic E-state index is 0.743. The van der Waals surface area contributed by atoms with Crippen LogP contribution in [0.25, 0.3) is 33.4 Å². The van der Waals surface area contributed by atoms with Crippen molar-refractivity contribution in [2.24, 2.45) is 0 Å². The summed E-state index contributed by atoms with van der Waals surface area (Å²) in [5.74, 6) is 0. The lowest BCUT2D eigenvalue weighted by Crippen LogP contribution is -1.88. The van der Waals surface area contributed by atoms with Crippen LogP contribution in [0.5, 0.6) is 0 Å². The molecular formula is C24H16Cl2. The molecule has 4 aromatic rings. The highest BCUT2D eigenvalue weighted by atomic mass is 35.5. The average Bonchev–Trinajstić information content (AvgIpc) is 2.69. The van der Waals surface area contributed by atoms with Crippen molar-refractivity contribution >= 4 is 23.2 Å². The maximum absolute atomic E-state index is 6.06. The lowest BCUT2D eigenvalue weighted by atomic mass is 9.89. The van der Waals surface area contributed by atoms with Gasteiger partial charge in [-0.25, -0.2) is 0 Å². The Morgan fingerprint density at radius 3 is 1.00 bits per heavy atom. The van der Waals surface area contributed by atoms with E-state index in [9.17, 15) is 0 Å². The summed E-state index contributed by atoms with van der Waals surface area (Å²) >= 11 is 12.1. The number of rotatable bonds is 3. The molecule has 0 saturated heterocycles. The SMILES string of the molecule is Clc1ccc(-c2ccccc2-c2ccccc2-c2ccc(Cl)cc2)cc1. The van der Waals surface area contributed by atoms with Gasteiger partial charge in [-0.15, -0.1) is 0 Å². The van der Waals surface area contributed by atoms with E-state index in [2.05, 4.69) is 72.8 Å². The lowest BCUT2D eigenvalue weighted by Gasteiger charge is -2.15. The Labute approximate surface area is 163 Å². The van der Waals surface area contributed by atoms with Gasteiger partial charge in [0.05, 0.1) is 0 Å². The molecule has 0 spiro atoms. The van der Waals surface area contributed by atoms with Gasteiger partial charge in [-0.2, -0.15) is 0 Å². The van der Waals surface area contributed by atoms with E-state index in [0.717, 1.165) is 21.2 Å². The predicted octanol–water partition coefficient (Wildman–Crippen LogP) is 7.99. The molecule has 0 atom stereocenters. The van der Waals surface area contributed by atoms with Crippen molar-refractivity contribution in [1.82, 2.24) is 0 Å². The maximum atomic E-state index is 6.06. The maximum Gasteiger partial charge on any atom is 0.0406 e. The predicted molar refractivity (Wildman–Crippen MR) is 113 cm³/mol. The molecule has 2 heteroatoms. The fourth-order valence-corrected chi connectivity index (χ4v) is 3.45. The molecule has 0 aliphatic carbocycles. The summed E-state index contributed by atoms with van der Waals surface area (Å²) in [5.41, 5.74) is 7.06. The Hall–Kier alpha value is -2.54. The topological polar surface area (TPSA) is 0 Å². The van der Waals surface area contributed by atoms with E-state index >= 15 is 0 Å². The van der Waals surface area contributed by atoms with E-state index in [0.29, 0.717) is 0 Å². The van der Waals surface area contributed by atoms with Gasteiger partial charge in [0.25, 0.3) is 0 Å². The second-order valence-electron chi connectivity index (χ2n) is 6.10. The molecular weight excluding hydrogens is 359 g/mol. The standard InChI is InChI=1S/C24H16Cl2/c25-19-13-9-17(10-14-19)21-5-1-3-7-23(21)24-8-4-2-6-22(24)18-11-15-20(26)16-12-18/h1-16H. The normalized spacial score (nSPS) is 10.7. The van der Waals surface area contributed by atoms with Gasteiger partial charge in [-0.05, 0) is 57.6 Å². The fourth-order valence-electron chi connectivity index (χ4n) is 3.20. The number of benzene rings is 4. The van der Waals surface area contributed by atoms with Crippen LogP contribution in [0.1, 0.15) is 0 Å². The van der Waals surface area contributed by atoms with Gasteiger partial charge >= 0.3 is 0 Å². The molecule has 4 rings (SSSR count). The smallest absolute Gasteiger partial charge is 0.0406 e. The third kappa shape index (κ3) is 3.39. The third-order valence-electron chi connectivity index (χ3n) is 4.45. The van der Waals surface area contributed by atoms with Crippen LogP contribution >= 0.6 is 23.2 Å². The summed E-state index contributed by atoms with van der Waals surface area (Å²) in [5, 5.41) is 1.49. The zero-order valence-electron chi connectivity index (χ0n) is 14.0. The Morgan fingerprint density at radius 2 is 0.654 bits per heavy atom. The molecule has 0 heterocycles. The highest BCUT2D eigenvalue weighted by Gasteiger charge is 2.11. The van der Waals surface area contributed by atoms with Crippen molar-refractivity contribution in [1.29, 1.82) is 0 Å². The van der Waals surface area contributed by atoms with E-state index in [1.54, 1.807) is 0 Å². The molecule has 0 unspecified atom stereocenters. The monoisotopic (exact) mass is 374 g/mol. The van der Waals surface area contributed by atoms with Gasteiger partial charge in [0, 0.05) is 10.0 Å². The summed E-state index contributed by atoms with van der Waals surface area (Å²) < 4.78 is 0. The molecule has 0 fully saturated rings. The van der Waals surface area contributed by atoms with Crippen molar-refractivity contribution in [2.45, 2.75) is 0 Å². The van der Waals surface area contributed by atoms with E-state index in [1.807, 2.05) is 24.3 Å². The van der Waals surface area contributed by atoms with E-state index in [-0.39, 0.29) is 0 Å². The zero-order chi connectivity index (χ0) is 17.9. The molecule has 126 valence electrons. The van der Waals surface area contributed by atoms with Crippen LogP contribution in [0, 0.1) is 0 Å². The van der Waals surface area contributed by atoms with Crippen molar-refractivity contribution in [3.63, 3.8) is 0 Å². The van der Waals surface area contributed by atoms with Gasteiger partial charge < -0.3 is 0 Å². The first-order valence-electron chi connectivity index (χ1n) is 8.43. The van der Waals surface area contributed by atoms with Crippen LogP contribution in [-0.2, 0) is 0 Å². The van der Waals surface area contributed by atoms with Crippen molar-refractivity contribution < 1.29 is 0 Å². The minimum Gasteiger partial charge on any atom is -0.0843 e. The van der Waals surface area contributed by atoms with Crippen LogP contribution in [0.4, 0.5) is 0 Å². The van der Waals surface area contributed by atoms with Gasteiger partial charge in [0.15, 0.2) is 0 Å². The summed E-state index contributed by atoms with van der Waals surface area (Å²) in [7, 11) is 0. The Morgan fingerprint density at radius 1 is 0.346 bits per heavy atom. The third-order valence-corrected chi connectivity index (χ3v) is 4.96. The summed E-state index contributed by atoms with van der Waals surface area (Å²) in [6.45, 7) is 0. The Kier molecular flexibility index (Phi) is 4.79. The summed E-state index contributed by atoms with van der Waals surface area (Å²) in [4.78, 5) is 0. The highest BCUT2D eigenvalue weighted by molar-refractivity contribution is 6.31. The minimum atomic E-state index is 0.743. The molecule has 0 aliphatic rings. The first-order chi connectivity index (χ1) is 12.7. The van der Waals surface area contributed by atoms with Crippen molar-refractivity contribution in [3.05, 3.63) is 107 Å². The summed E-state index contributed by atoms with van der Waals surface area (Å²) in [6.07, 6.45) is 0. The summed E-state index contributed by atoms with van der Waals surface area (Å²) in [6, 6.07) is 32.9. The van der Waals surface area contributed by atoms with Gasteiger partial charge in [-0.3, -0.25) is 0 Å². The molecule has 0 N–H and O–H groups in total. The molecule has 0 aliphatic heterocycles. The van der Waals surface area contributed by atoms with Crippen molar-refractivity contribution in [2.75, 3.05) is 0 Å². The molecule has 0 nitrogen and oxygen atoms in total. The van der Waals surface area contributed by atoms with E-state index < -0.39 is 0 Å². The van der Waals surface area contributed by atoms with Crippen molar-refractivity contribution in [3.8, 4) is 33.4 Å². The molecule has 4 aromatic carbocycles. The first kappa shape index (κ1) is 16.9. The van der Waals surface area contributed by atoms with Gasteiger partial charge in [-0.1, -0.05) is 96.0 Å². The van der Waals surface area contributed by atoms with Crippen LogP contribution < -0.4 is 0 Å². The van der Waals surface area contributed by atoms with Crippen LogP contribution in [0.3, 0.4) is 0 Å². The van der Waals surface area contributed by atoms with Crippen LogP contribution in [0.2, 0.25) is 10.0 Å². The second kappa shape index (κ2) is 7.37. The average molecular weight is 375 g/mol. The van der Waals surface area contributed by atoms with Crippen LogP contribution in [-0.4, -0.2) is 0 Å². The highest BCUT2D eigenvalue weighted by Crippen LogP contribution is 2.38. The van der Waals surface area contributed by atoms with Gasteiger partial charge in [0.2, 0.25) is 0 Å². The van der Waals surface area contributed by atoms with Gasteiger partial charge in [0.1, 0.15) is 0 Å². The second-order valence-corrected chi connectivity index (χ2v) is 6.98. The van der Waals surface area contributed by atoms with Crippen LogP contribution in [0.15, 0.2) is 97.1 Å². The van der Waals surface area contributed by atoms with E-state index in [1.165, 1.54) is 22.3 Å². The Balaban J connectivity index is 1.90. The molecule has 26 heavy (non-hydrogen) atoms. The molecule has 0 saturated carbocycles. The molecule has 0 amide bonds. The zero-order valence-corrected chi connectivity index (χ0v) is 15.5. The Bertz CT molecular complexity index is 945. The molecule has 0 bridgehead atoms. The lowest BCUT2D eigenvalue weighted by molar-refractivity contribution is 1.56. The first-order valence-corrected chi connectivity index (χ1v) is 9.18. The number of halogens is 2. The number of hydrogen-bond acceptors (Lipinski definition) is 0. The molecule has 0 radical (unpaired) electrons. The quantitative estimate of drug-likeness (QED) is 0.340. The van der Waals surface area contributed by atoms with E-state index in [4.69, 9.17) is 23.2 Å². The fraction of sp³-hybridized carbons (Fsp3) is 0. The number of hydrogen-bond donors (Lipinski definition) is 0. The largest absolute Gasteiger partial charge is 0.0843 e.